The molecule has 1 aliphatic carbocycles. The van der Waals surface area contributed by atoms with Crippen molar-refractivity contribution < 1.29 is 4.79 Å². The van der Waals surface area contributed by atoms with E-state index in [1.807, 2.05) is 42.5 Å². The van der Waals surface area contributed by atoms with Crippen LogP contribution in [0.25, 0.3) is 22.4 Å². The predicted octanol–water partition coefficient (Wildman–Crippen LogP) is 6.19. The number of aryl methyl sites for hydroxylation is 1. The molecular weight excluding hydrogens is 412 g/mol. The molecule has 2 aromatic carbocycles. The molecule has 1 aromatic heterocycles. The first-order valence-corrected chi connectivity index (χ1v) is 11.8. The molecule has 1 heterocycles. The van der Waals surface area contributed by atoms with Gasteiger partial charge in [0.1, 0.15) is 5.82 Å². The molecular formula is C26H32N6O. The van der Waals surface area contributed by atoms with Crippen molar-refractivity contribution in [1.29, 1.82) is 5.53 Å². The first kappa shape index (κ1) is 22.7. The van der Waals surface area contributed by atoms with Gasteiger partial charge in [0.25, 0.3) is 0 Å². The van der Waals surface area contributed by atoms with E-state index in [1.165, 1.54) is 25.5 Å². The number of benzene rings is 2. The Labute approximate surface area is 195 Å². The Kier molecular flexibility index (Phi) is 7.50. The number of anilines is 1. The second-order valence-electron chi connectivity index (χ2n) is 8.46. The first-order valence-electron chi connectivity index (χ1n) is 11.8. The number of rotatable bonds is 9. The molecule has 4 rings (SSSR count). The van der Waals surface area contributed by atoms with Crippen molar-refractivity contribution in [2.45, 2.75) is 58.0 Å². The number of hydrogen-bond acceptors (Lipinski definition) is 5. The molecule has 0 bridgehead atoms. The first-order chi connectivity index (χ1) is 16.2. The van der Waals surface area contributed by atoms with Crippen LogP contribution in [-0.4, -0.2) is 32.9 Å². The van der Waals surface area contributed by atoms with Crippen LogP contribution in [0.3, 0.4) is 0 Å². The number of hydrogen-bond donors (Lipinski definition) is 2. The average molecular weight is 445 g/mol. The highest BCUT2D eigenvalue weighted by molar-refractivity contribution is 5.82. The van der Waals surface area contributed by atoms with Gasteiger partial charge in [-0.2, -0.15) is 5.11 Å². The van der Waals surface area contributed by atoms with Crippen LogP contribution in [0.1, 0.15) is 45.4 Å². The molecule has 0 radical (unpaired) electrons. The number of imidazole rings is 1. The lowest BCUT2D eigenvalue weighted by Gasteiger charge is -2.33. The van der Waals surface area contributed by atoms with Gasteiger partial charge in [0.05, 0.1) is 17.2 Å². The van der Waals surface area contributed by atoms with Crippen LogP contribution in [0.15, 0.2) is 66.0 Å². The number of amides is 1. The molecule has 7 heteroatoms. The van der Waals surface area contributed by atoms with E-state index in [-0.39, 0.29) is 5.91 Å². The largest absolute Gasteiger partial charge is 0.360 e. The van der Waals surface area contributed by atoms with Gasteiger partial charge >= 0.3 is 0 Å². The normalized spacial score (nSPS) is 14.6. The molecule has 2 N–H and O–H groups in total. The third-order valence-corrected chi connectivity index (χ3v) is 6.42. The lowest BCUT2D eigenvalue weighted by atomic mass is 9.94. The molecule has 1 amide bonds. The van der Waals surface area contributed by atoms with Crippen LogP contribution < -0.4 is 5.32 Å². The molecule has 0 saturated heterocycles. The number of nitrogens with zero attached hydrogens (tertiary/aromatic N) is 4. The molecule has 1 fully saturated rings. The van der Waals surface area contributed by atoms with Crippen LogP contribution in [0.2, 0.25) is 0 Å². The smallest absolute Gasteiger partial charge is 0.224 e. The summed E-state index contributed by atoms with van der Waals surface area (Å²) in [5.74, 6) is 1.10. The van der Waals surface area contributed by atoms with E-state index in [9.17, 15) is 4.79 Å². The maximum Gasteiger partial charge on any atom is 0.224 e. The van der Waals surface area contributed by atoms with E-state index in [1.54, 1.807) is 6.20 Å². The highest BCUT2D eigenvalue weighted by Gasteiger charge is 2.24. The molecule has 7 nitrogen and oxygen atoms in total. The Morgan fingerprint density at radius 1 is 1.18 bits per heavy atom. The summed E-state index contributed by atoms with van der Waals surface area (Å²) in [6, 6.07) is 16.5. The van der Waals surface area contributed by atoms with Crippen LogP contribution in [0.5, 0.6) is 0 Å². The second-order valence-corrected chi connectivity index (χ2v) is 8.46. The van der Waals surface area contributed by atoms with Gasteiger partial charge in [-0.1, -0.05) is 31.4 Å². The summed E-state index contributed by atoms with van der Waals surface area (Å²) in [6.07, 6.45) is 9.47. The zero-order chi connectivity index (χ0) is 23.0. The van der Waals surface area contributed by atoms with E-state index in [2.05, 4.69) is 32.9 Å². The van der Waals surface area contributed by atoms with E-state index in [0.717, 1.165) is 47.5 Å². The summed E-state index contributed by atoms with van der Waals surface area (Å²) < 4.78 is 2.17. The van der Waals surface area contributed by atoms with Gasteiger partial charge in [-0.3, -0.25) is 4.79 Å². The van der Waals surface area contributed by atoms with Crippen LogP contribution in [0, 0.1) is 5.53 Å². The third-order valence-electron chi connectivity index (χ3n) is 6.42. The molecule has 172 valence electrons. The number of carbonyl (C=O) groups is 1. The maximum atomic E-state index is 13.2. The SMILES string of the molecule is CCN(C(=O)CCn1c(-c2ccc(N/C=C\N=N)cc2)nc2ccccc21)C1CCCCC1. The van der Waals surface area contributed by atoms with E-state index >= 15 is 0 Å². The number of aromatic nitrogens is 2. The summed E-state index contributed by atoms with van der Waals surface area (Å²) in [5.41, 5.74) is 10.7. The standard InChI is InChI=1S/C26H32N6O/c1-2-31(22-8-4-3-5-9-22)25(33)16-19-32-24-11-7-6-10-23(24)30-26(32)20-12-14-21(15-13-20)28-17-18-29-27/h6-7,10-15,17-18,22,27-28H,2-5,8-9,16,19H2,1H3/b18-17-,29-27?. The van der Waals surface area contributed by atoms with Gasteiger partial charge in [0.2, 0.25) is 5.91 Å². The van der Waals surface area contributed by atoms with Crippen molar-refractivity contribution in [3.63, 3.8) is 0 Å². The Morgan fingerprint density at radius 3 is 2.67 bits per heavy atom. The van der Waals surface area contributed by atoms with Crippen molar-refractivity contribution >= 4 is 22.6 Å². The van der Waals surface area contributed by atoms with Gasteiger partial charge in [-0.15, -0.1) is 0 Å². The van der Waals surface area contributed by atoms with E-state index < -0.39 is 0 Å². The van der Waals surface area contributed by atoms with Gasteiger partial charge in [0, 0.05) is 43.0 Å². The maximum absolute atomic E-state index is 13.2. The Hall–Kier alpha value is -3.48. The number of para-hydroxylation sites is 2. The number of fused-ring (bicyclic) bond motifs is 1. The zero-order valence-corrected chi connectivity index (χ0v) is 19.2. The predicted molar refractivity (Wildman–Crippen MR) is 132 cm³/mol. The van der Waals surface area contributed by atoms with E-state index in [0.29, 0.717) is 19.0 Å². The fourth-order valence-electron chi connectivity index (χ4n) is 4.79. The van der Waals surface area contributed by atoms with Crippen molar-refractivity contribution in [2.24, 2.45) is 5.11 Å². The quantitative estimate of drug-likeness (QED) is 0.386. The minimum absolute atomic E-state index is 0.235. The van der Waals surface area contributed by atoms with Crippen molar-refractivity contribution in [3.05, 3.63) is 60.9 Å². The summed E-state index contributed by atoms with van der Waals surface area (Å²) in [6.45, 7) is 3.47. The van der Waals surface area contributed by atoms with E-state index in [4.69, 9.17) is 10.5 Å². The molecule has 0 unspecified atom stereocenters. The minimum atomic E-state index is 0.235. The van der Waals surface area contributed by atoms with Crippen molar-refractivity contribution in [2.75, 3.05) is 11.9 Å². The molecule has 0 atom stereocenters. The van der Waals surface area contributed by atoms with Gasteiger partial charge in [-0.05, 0) is 56.2 Å². The lowest BCUT2D eigenvalue weighted by molar-refractivity contribution is -0.134. The molecule has 1 aliphatic rings. The van der Waals surface area contributed by atoms with Gasteiger partial charge in [0.15, 0.2) is 0 Å². The molecule has 0 spiro atoms. The summed E-state index contributed by atoms with van der Waals surface area (Å²) in [5, 5.41) is 6.28. The van der Waals surface area contributed by atoms with Crippen LogP contribution in [-0.2, 0) is 11.3 Å². The number of nitrogens with one attached hydrogen (secondary N) is 2. The molecule has 3 aromatic rings. The Bertz CT molecular complexity index is 1110. The number of carbonyl (C=O) groups excluding carboxylic acids is 1. The molecule has 33 heavy (non-hydrogen) atoms. The zero-order valence-electron chi connectivity index (χ0n) is 19.2. The van der Waals surface area contributed by atoms with Crippen molar-refractivity contribution in [1.82, 2.24) is 14.5 Å². The summed E-state index contributed by atoms with van der Waals surface area (Å²) >= 11 is 0. The summed E-state index contributed by atoms with van der Waals surface area (Å²) in [4.78, 5) is 20.2. The third kappa shape index (κ3) is 5.30. The molecule has 1 saturated carbocycles. The Balaban J connectivity index is 1.55. The topological polar surface area (TPSA) is 86.4 Å². The highest BCUT2D eigenvalue weighted by Crippen LogP contribution is 2.27. The monoisotopic (exact) mass is 444 g/mol. The van der Waals surface area contributed by atoms with Crippen LogP contribution in [0.4, 0.5) is 5.69 Å². The lowest BCUT2D eigenvalue weighted by Crippen LogP contribution is -2.41. The molecule has 0 aliphatic heterocycles. The second kappa shape index (κ2) is 10.9. The average Bonchev–Trinajstić information content (AvgIpc) is 3.23. The Morgan fingerprint density at radius 2 is 1.94 bits per heavy atom. The van der Waals surface area contributed by atoms with Gasteiger partial charge < -0.3 is 14.8 Å². The van der Waals surface area contributed by atoms with Crippen LogP contribution >= 0.6 is 0 Å². The fraction of sp³-hybridized carbons (Fsp3) is 0.385. The van der Waals surface area contributed by atoms with Gasteiger partial charge in [-0.25, -0.2) is 10.5 Å². The summed E-state index contributed by atoms with van der Waals surface area (Å²) in [7, 11) is 0. The minimum Gasteiger partial charge on any atom is -0.360 e. The fourth-order valence-corrected chi connectivity index (χ4v) is 4.79. The highest BCUT2D eigenvalue weighted by atomic mass is 16.2. The van der Waals surface area contributed by atoms with Crippen molar-refractivity contribution in [3.8, 4) is 11.4 Å².